The first-order chi connectivity index (χ1) is 9.56. The maximum Gasteiger partial charge on any atom is 0.0534 e. The fraction of sp³-hybridized carbons (Fsp3) is 0.400. The average molecular weight is 293 g/mol. The Balaban J connectivity index is 1.94. The molecule has 2 rings (SSSR count). The molecule has 1 atom stereocenters. The van der Waals surface area contributed by atoms with Gasteiger partial charge in [0.2, 0.25) is 0 Å². The van der Waals surface area contributed by atoms with E-state index in [1.165, 1.54) is 11.1 Å². The zero-order valence-electron chi connectivity index (χ0n) is 12.2. The van der Waals surface area contributed by atoms with Crippen LogP contribution in [0.15, 0.2) is 36.7 Å². The molecule has 0 unspecified atom stereocenters. The predicted octanol–water partition coefficient (Wildman–Crippen LogP) is 2.47. The van der Waals surface area contributed by atoms with Crippen molar-refractivity contribution in [2.24, 2.45) is 7.05 Å². The van der Waals surface area contributed by atoms with Gasteiger partial charge >= 0.3 is 0 Å². The van der Waals surface area contributed by atoms with Crippen LogP contribution in [0.5, 0.6) is 0 Å². The molecule has 0 saturated heterocycles. The van der Waals surface area contributed by atoms with Gasteiger partial charge in [-0.1, -0.05) is 23.7 Å². The van der Waals surface area contributed by atoms with E-state index in [1.54, 1.807) is 0 Å². The number of rotatable bonds is 6. The Labute approximate surface area is 125 Å². The molecule has 0 saturated carbocycles. The minimum atomic E-state index is 0.323. The van der Waals surface area contributed by atoms with Gasteiger partial charge in [-0.2, -0.15) is 5.10 Å². The van der Waals surface area contributed by atoms with Crippen LogP contribution in [0.2, 0.25) is 5.02 Å². The summed E-state index contributed by atoms with van der Waals surface area (Å²) in [6.45, 7) is 1.70. The fourth-order valence-electron chi connectivity index (χ4n) is 2.20. The van der Waals surface area contributed by atoms with Crippen LogP contribution in [0.3, 0.4) is 0 Å². The van der Waals surface area contributed by atoms with E-state index in [4.69, 9.17) is 11.6 Å². The van der Waals surface area contributed by atoms with E-state index in [9.17, 15) is 0 Å². The second-order valence-electron chi connectivity index (χ2n) is 5.18. The van der Waals surface area contributed by atoms with E-state index in [2.05, 4.69) is 41.5 Å². The van der Waals surface area contributed by atoms with Crippen molar-refractivity contribution in [2.45, 2.75) is 12.6 Å². The van der Waals surface area contributed by atoms with Gasteiger partial charge in [0.05, 0.1) is 6.20 Å². The quantitative estimate of drug-likeness (QED) is 0.888. The fourth-order valence-corrected chi connectivity index (χ4v) is 2.33. The molecule has 0 aliphatic heterocycles. The molecule has 0 radical (unpaired) electrons. The Bertz CT molecular complexity index is 533. The third kappa shape index (κ3) is 4.07. The van der Waals surface area contributed by atoms with Gasteiger partial charge in [-0.3, -0.25) is 4.68 Å². The number of benzene rings is 1. The SMILES string of the molecule is CN(C)[C@@H](CNCc1cnn(C)c1)c1ccc(Cl)cc1. The Hall–Kier alpha value is -1.36. The number of aromatic nitrogens is 2. The molecule has 1 aromatic carbocycles. The number of hydrogen-bond donors (Lipinski definition) is 1. The van der Waals surface area contributed by atoms with E-state index in [0.717, 1.165) is 18.1 Å². The Morgan fingerprint density at radius 1 is 1.30 bits per heavy atom. The van der Waals surface area contributed by atoms with Gasteiger partial charge in [-0.05, 0) is 31.8 Å². The summed E-state index contributed by atoms with van der Waals surface area (Å²) < 4.78 is 1.82. The minimum Gasteiger partial charge on any atom is -0.311 e. The van der Waals surface area contributed by atoms with Gasteiger partial charge in [-0.15, -0.1) is 0 Å². The Morgan fingerprint density at radius 3 is 2.55 bits per heavy atom. The molecule has 1 N–H and O–H groups in total. The lowest BCUT2D eigenvalue weighted by Gasteiger charge is -2.25. The molecular formula is C15H21ClN4. The van der Waals surface area contributed by atoms with E-state index in [1.807, 2.05) is 36.3 Å². The van der Waals surface area contributed by atoms with Crippen molar-refractivity contribution in [3.8, 4) is 0 Å². The van der Waals surface area contributed by atoms with Crippen LogP contribution in [-0.2, 0) is 13.6 Å². The molecule has 0 aliphatic rings. The summed E-state index contributed by atoms with van der Waals surface area (Å²) in [7, 11) is 6.11. The Kier molecular flexibility index (Phi) is 5.17. The molecule has 108 valence electrons. The van der Waals surface area contributed by atoms with E-state index < -0.39 is 0 Å². The first-order valence-electron chi connectivity index (χ1n) is 6.66. The molecular weight excluding hydrogens is 272 g/mol. The molecule has 2 aromatic rings. The monoisotopic (exact) mass is 292 g/mol. The molecule has 20 heavy (non-hydrogen) atoms. The molecule has 1 aromatic heterocycles. The van der Waals surface area contributed by atoms with Gasteiger partial charge in [0.25, 0.3) is 0 Å². The first kappa shape index (κ1) is 15.0. The minimum absolute atomic E-state index is 0.323. The number of nitrogens with zero attached hydrogens (tertiary/aromatic N) is 3. The van der Waals surface area contributed by atoms with Crippen LogP contribution in [0.4, 0.5) is 0 Å². The van der Waals surface area contributed by atoms with Crippen molar-refractivity contribution in [1.82, 2.24) is 20.0 Å². The normalized spacial score (nSPS) is 12.8. The van der Waals surface area contributed by atoms with Gasteiger partial charge < -0.3 is 10.2 Å². The molecule has 0 amide bonds. The smallest absolute Gasteiger partial charge is 0.0534 e. The van der Waals surface area contributed by atoms with Crippen LogP contribution < -0.4 is 5.32 Å². The summed E-state index contributed by atoms with van der Waals surface area (Å²) in [4.78, 5) is 2.21. The van der Waals surface area contributed by atoms with E-state index in [-0.39, 0.29) is 0 Å². The van der Waals surface area contributed by atoms with Crippen molar-refractivity contribution >= 4 is 11.6 Å². The summed E-state index contributed by atoms with van der Waals surface area (Å²) >= 11 is 5.94. The third-order valence-electron chi connectivity index (χ3n) is 3.30. The summed E-state index contributed by atoms with van der Waals surface area (Å²) in [5, 5.41) is 8.42. The highest BCUT2D eigenvalue weighted by Gasteiger charge is 2.13. The lowest BCUT2D eigenvalue weighted by Crippen LogP contribution is -2.30. The van der Waals surface area contributed by atoms with E-state index >= 15 is 0 Å². The second-order valence-corrected chi connectivity index (χ2v) is 5.62. The zero-order valence-corrected chi connectivity index (χ0v) is 12.9. The van der Waals surface area contributed by atoms with E-state index in [0.29, 0.717) is 6.04 Å². The standard InChI is InChI=1S/C15H21ClN4/c1-19(2)15(13-4-6-14(16)7-5-13)10-17-8-12-9-18-20(3)11-12/h4-7,9,11,15,17H,8,10H2,1-3H3/t15-/m0/s1. The van der Waals surface area contributed by atoms with Crippen molar-refractivity contribution in [1.29, 1.82) is 0 Å². The largest absolute Gasteiger partial charge is 0.311 e. The highest BCUT2D eigenvalue weighted by Crippen LogP contribution is 2.19. The second kappa shape index (κ2) is 6.88. The maximum absolute atomic E-state index is 5.94. The predicted molar refractivity (Wildman–Crippen MR) is 82.8 cm³/mol. The molecule has 5 heteroatoms. The number of nitrogens with one attached hydrogen (secondary N) is 1. The number of hydrogen-bond acceptors (Lipinski definition) is 3. The summed E-state index contributed by atoms with van der Waals surface area (Å²) in [5.41, 5.74) is 2.46. The van der Waals surface area contributed by atoms with Crippen LogP contribution in [0.1, 0.15) is 17.2 Å². The van der Waals surface area contributed by atoms with Crippen molar-refractivity contribution in [3.05, 3.63) is 52.8 Å². The van der Waals surface area contributed by atoms with Crippen LogP contribution in [0.25, 0.3) is 0 Å². The summed E-state index contributed by atoms with van der Waals surface area (Å²) in [5.74, 6) is 0. The molecule has 0 fully saturated rings. The summed E-state index contributed by atoms with van der Waals surface area (Å²) in [6.07, 6.45) is 3.92. The summed E-state index contributed by atoms with van der Waals surface area (Å²) in [6, 6.07) is 8.37. The molecule has 0 spiro atoms. The molecule has 1 heterocycles. The Morgan fingerprint density at radius 2 is 2.00 bits per heavy atom. The third-order valence-corrected chi connectivity index (χ3v) is 3.56. The average Bonchev–Trinajstić information content (AvgIpc) is 2.81. The van der Waals surface area contributed by atoms with Crippen molar-refractivity contribution in [3.63, 3.8) is 0 Å². The van der Waals surface area contributed by atoms with Gasteiger partial charge in [0.1, 0.15) is 0 Å². The molecule has 4 nitrogen and oxygen atoms in total. The number of aryl methyl sites for hydroxylation is 1. The lowest BCUT2D eigenvalue weighted by atomic mass is 10.1. The maximum atomic E-state index is 5.94. The molecule has 0 bridgehead atoms. The topological polar surface area (TPSA) is 33.1 Å². The van der Waals surface area contributed by atoms with Crippen molar-refractivity contribution in [2.75, 3.05) is 20.6 Å². The molecule has 0 aliphatic carbocycles. The van der Waals surface area contributed by atoms with Crippen LogP contribution >= 0.6 is 11.6 Å². The lowest BCUT2D eigenvalue weighted by molar-refractivity contribution is 0.288. The van der Waals surface area contributed by atoms with Crippen LogP contribution in [-0.4, -0.2) is 35.3 Å². The van der Waals surface area contributed by atoms with Gasteiger partial charge in [-0.25, -0.2) is 0 Å². The highest BCUT2D eigenvalue weighted by molar-refractivity contribution is 6.30. The zero-order chi connectivity index (χ0) is 14.5. The highest BCUT2D eigenvalue weighted by atomic mass is 35.5. The number of halogens is 1. The van der Waals surface area contributed by atoms with Gasteiger partial charge in [0.15, 0.2) is 0 Å². The van der Waals surface area contributed by atoms with Crippen molar-refractivity contribution < 1.29 is 0 Å². The van der Waals surface area contributed by atoms with Gasteiger partial charge in [0, 0.05) is 43.0 Å². The first-order valence-corrected chi connectivity index (χ1v) is 7.04. The number of likely N-dealkylation sites (N-methyl/N-ethyl adjacent to an activating group) is 1. The van der Waals surface area contributed by atoms with Crippen LogP contribution in [0, 0.1) is 0 Å².